The van der Waals surface area contributed by atoms with Crippen molar-refractivity contribution < 1.29 is 14.7 Å². The van der Waals surface area contributed by atoms with Gasteiger partial charge in [0.05, 0.1) is 0 Å². The smallest absolute Gasteiger partial charge is 0.322 e. The summed E-state index contributed by atoms with van der Waals surface area (Å²) in [6.45, 7) is 6.34. The highest BCUT2D eigenvalue weighted by Crippen LogP contribution is 2.36. The van der Waals surface area contributed by atoms with Gasteiger partial charge < -0.3 is 15.3 Å². The van der Waals surface area contributed by atoms with E-state index >= 15 is 0 Å². The van der Waals surface area contributed by atoms with Gasteiger partial charge in [-0.2, -0.15) is 0 Å². The minimum Gasteiger partial charge on any atom is -0.480 e. The van der Waals surface area contributed by atoms with Crippen LogP contribution in [0.3, 0.4) is 0 Å². The van der Waals surface area contributed by atoms with E-state index in [9.17, 15) is 14.7 Å². The molecule has 0 saturated carbocycles. The lowest BCUT2D eigenvalue weighted by atomic mass is 10.1. The van der Waals surface area contributed by atoms with E-state index in [0.29, 0.717) is 0 Å². The molecule has 6 heteroatoms. The molecule has 0 spiro atoms. The molecule has 35 heavy (non-hydrogen) atoms. The number of rotatable bonds is 9. The highest BCUT2D eigenvalue weighted by molar-refractivity contribution is 8.01. The van der Waals surface area contributed by atoms with E-state index in [1.807, 2.05) is 41.3 Å². The minimum absolute atomic E-state index is 0.0594. The number of nitrogens with one attached hydrogen (secondary N) is 1. The Kier molecular flexibility index (Phi) is 7.70. The molecule has 1 aliphatic rings. The third kappa shape index (κ3) is 5.99. The van der Waals surface area contributed by atoms with Gasteiger partial charge in [0, 0.05) is 23.2 Å². The van der Waals surface area contributed by atoms with Gasteiger partial charge in [-0.1, -0.05) is 56.2 Å². The van der Waals surface area contributed by atoms with E-state index in [2.05, 4.69) is 36.5 Å². The number of carbonyl (C=O) groups is 2. The van der Waals surface area contributed by atoms with Crippen LogP contribution in [0.2, 0.25) is 0 Å². The van der Waals surface area contributed by atoms with Crippen molar-refractivity contribution in [2.75, 3.05) is 11.9 Å². The second-order valence-corrected chi connectivity index (χ2v) is 11.5. The second-order valence-electron chi connectivity index (χ2n) is 9.80. The molecule has 0 saturated heterocycles. The van der Waals surface area contributed by atoms with Crippen molar-refractivity contribution >= 4 is 40.2 Å². The summed E-state index contributed by atoms with van der Waals surface area (Å²) < 4.78 is -0.891. The largest absolute Gasteiger partial charge is 0.480 e. The van der Waals surface area contributed by atoms with Gasteiger partial charge in [-0.05, 0) is 79.3 Å². The zero-order chi connectivity index (χ0) is 25.0. The van der Waals surface area contributed by atoms with Gasteiger partial charge in [0.2, 0.25) is 0 Å². The molecular weight excluding hydrogens is 456 g/mol. The molecule has 184 valence electrons. The number of amides is 2. The average molecular weight is 491 g/mol. The number of carbonyl (C=O) groups excluding carboxylic acids is 1. The quantitative estimate of drug-likeness (QED) is 0.251. The lowest BCUT2D eigenvalue weighted by Crippen LogP contribution is -2.44. The number of urea groups is 1. The van der Waals surface area contributed by atoms with Gasteiger partial charge in [0.25, 0.3) is 0 Å². The maximum atomic E-state index is 13.5. The Hall–Kier alpha value is -2.99. The summed E-state index contributed by atoms with van der Waals surface area (Å²) in [4.78, 5) is 28.0. The van der Waals surface area contributed by atoms with Crippen molar-refractivity contribution in [3.8, 4) is 0 Å². The zero-order valence-corrected chi connectivity index (χ0v) is 21.5. The molecular formula is C29H34N2O3S. The van der Waals surface area contributed by atoms with E-state index < -0.39 is 10.7 Å². The maximum Gasteiger partial charge on any atom is 0.322 e. The van der Waals surface area contributed by atoms with Crippen molar-refractivity contribution in [3.63, 3.8) is 0 Å². The Morgan fingerprint density at radius 1 is 1.00 bits per heavy atom. The molecule has 3 aromatic rings. The summed E-state index contributed by atoms with van der Waals surface area (Å²) in [5.41, 5.74) is 3.26. The Morgan fingerprint density at radius 3 is 2.49 bits per heavy atom. The fourth-order valence-electron chi connectivity index (χ4n) is 4.64. The van der Waals surface area contributed by atoms with Crippen molar-refractivity contribution in [2.24, 2.45) is 0 Å². The van der Waals surface area contributed by atoms with Crippen LogP contribution in [0.4, 0.5) is 10.5 Å². The molecule has 4 rings (SSSR count). The fourth-order valence-corrected chi connectivity index (χ4v) is 5.65. The molecule has 2 amide bonds. The summed E-state index contributed by atoms with van der Waals surface area (Å²) in [6.07, 6.45) is 4.77. The Balaban J connectivity index is 1.50. The predicted molar refractivity (Wildman–Crippen MR) is 144 cm³/mol. The van der Waals surface area contributed by atoms with Gasteiger partial charge in [0.1, 0.15) is 4.75 Å². The van der Waals surface area contributed by atoms with Crippen LogP contribution in [-0.2, 0) is 17.6 Å². The van der Waals surface area contributed by atoms with Crippen molar-refractivity contribution in [3.05, 3.63) is 71.8 Å². The van der Waals surface area contributed by atoms with Crippen LogP contribution < -0.4 is 5.32 Å². The topological polar surface area (TPSA) is 69.6 Å². The van der Waals surface area contributed by atoms with Crippen LogP contribution in [0.5, 0.6) is 0 Å². The van der Waals surface area contributed by atoms with E-state index in [1.54, 1.807) is 13.8 Å². The number of unbranched alkanes of at least 4 members (excludes halogenated alkanes) is 2. The van der Waals surface area contributed by atoms with Crippen LogP contribution in [0.25, 0.3) is 10.8 Å². The molecule has 5 nitrogen and oxygen atoms in total. The molecule has 0 bridgehead atoms. The predicted octanol–water partition coefficient (Wildman–Crippen LogP) is 6.99. The summed E-state index contributed by atoms with van der Waals surface area (Å²) in [5, 5.41) is 14.9. The molecule has 1 aliphatic carbocycles. The Bertz CT molecular complexity index is 1220. The highest BCUT2D eigenvalue weighted by Gasteiger charge is 2.32. The number of carboxylic acids is 1. The third-order valence-corrected chi connectivity index (χ3v) is 7.86. The third-order valence-electron chi connectivity index (χ3n) is 6.68. The van der Waals surface area contributed by atoms with Crippen LogP contribution >= 0.6 is 11.8 Å². The number of fused-ring (bicyclic) bond motifs is 2. The molecule has 2 N–H and O–H groups in total. The van der Waals surface area contributed by atoms with E-state index in [0.717, 1.165) is 60.0 Å². The number of thioether (sulfide) groups is 1. The normalized spacial score (nSPS) is 15.1. The van der Waals surface area contributed by atoms with Gasteiger partial charge >= 0.3 is 12.0 Å². The summed E-state index contributed by atoms with van der Waals surface area (Å²) in [7, 11) is 0. The molecule has 0 aliphatic heterocycles. The number of benzene rings is 3. The second kappa shape index (κ2) is 10.7. The fraction of sp³-hybridized carbons (Fsp3) is 0.379. The number of hydrogen-bond donors (Lipinski definition) is 2. The first-order chi connectivity index (χ1) is 16.8. The Morgan fingerprint density at radius 2 is 1.74 bits per heavy atom. The van der Waals surface area contributed by atoms with Crippen molar-refractivity contribution in [1.82, 2.24) is 4.90 Å². The number of carboxylic acid groups (broad SMARTS) is 1. The summed E-state index contributed by atoms with van der Waals surface area (Å²) in [5.74, 6) is -0.826. The first-order valence-electron chi connectivity index (χ1n) is 12.4. The zero-order valence-electron chi connectivity index (χ0n) is 20.7. The van der Waals surface area contributed by atoms with Gasteiger partial charge in [-0.15, -0.1) is 11.8 Å². The first-order valence-corrected chi connectivity index (χ1v) is 13.2. The van der Waals surface area contributed by atoms with Crippen LogP contribution in [-0.4, -0.2) is 39.3 Å². The summed E-state index contributed by atoms with van der Waals surface area (Å²) >= 11 is 1.36. The molecule has 0 aromatic heterocycles. The van der Waals surface area contributed by atoms with Crippen molar-refractivity contribution in [2.45, 2.75) is 68.6 Å². The lowest BCUT2D eigenvalue weighted by molar-refractivity contribution is -0.138. The molecule has 0 fully saturated rings. The first kappa shape index (κ1) is 25.1. The monoisotopic (exact) mass is 490 g/mol. The van der Waals surface area contributed by atoms with Gasteiger partial charge in [-0.25, -0.2) is 4.79 Å². The van der Waals surface area contributed by atoms with E-state index in [1.165, 1.54) is 22.9 Å². The lowest BCUT2D eigenvalue weighted by Gasteiger charge is -2.29. The SMILES string of the molecule is CCCCCN(C(=O)Nc1ccc2ccccc2c1)C1Cc2ccc(SC(C)(C)C(=O)O)cc2C1. The number of anilines is 1. The van der Waals surface area contributed by atoms with Crippen LogP contribution in [0.1, 0.15) is 51.2 Å². The van der Waals surface area contributed by atoms with Crippen LogP contribution in [0.15, 0.2) is 65.6 Å². The standard InChI is InChI=1S/C29H34N2O3S/c1-4-5-8-15-31(28(34)30-24-13-11-20-9-6-7-10-21(20)16-24)25-17-22-12-14-26(19-23(22)18-25)35-29(2,3)27(32)33/h6-7,9-14,16,19,25H,4-5,8,15,17-18H2,1-3H3,(H,30,34)(H,32,33). The van der Waals surface area contributed by atoms with Gasteiger partial charge in [-0.3, -0.25) is 4.79 Å². The van der Waals surface area contributed by atoms with E-state index in [4.69, 9.17) is 0 Å². The average Bonchev–Trinajstić information content (AvgIpc) is 3.24. The molecule has 0 heterocycles. The molecule has 3 aromatic carbocycles. The maximum absolute atomic E-state index is 13.5. The van der Waals surface area contributed by atoms with E-state index in [-0.39, 0.29) is 12.1 Å². The Labute approximate surface area is 211 Å². The molecule has 1 atom stereocenters. The highest BCUT2D eigenvalue weighted by atomic mass is 32.2. The molecule has 0 radical (unpaired) electrons. The van der Waals surface area contributed by atoms with Gasteiger partial charge in [0.15, 0.2) is 0 Å². The number of aliphatic carboxylic acids is 1. The number of hydrogen-bond acceptors (Lipinski definition) is 3. The van der Waals surface area contributed by atoms with Crippen LogP contribution in [0, 0.1) is 0 Å². The van der Waals surface area contributed by atoms with Crippen molar-refractivity contribution in [1.29, 1.82) is 0 Å². The minimum atomic E-state index is -0.891. The summed E-state index contributed by atoms with van der Waals surface area (Å²) in [6, 6.07) is 20.4. The molecule has 1 unspecified atom stereocenters. The number of nitrogens with zero attached hydrogens (tertiary/aromatic N) is 1.